The summed E-state index contributed by atoms with van der Waals surface area (Å²) in [6, 6.07) is 6.01. The molecule has 0 saturated carbocycles. The van der Waals surface area contributed by atoms with E-state index in [0.29, 0.717) is 5.56 Å². The summed E-state index contributed by atoms with van der Waals surface area (Å²) in [5.41, 5.74) is 0.679. The normalized spacial score (nSPS) is 11.1. The fraction of sp³-hybridized carbons (Fsp3) is 0.167. The lowest BCUT2D eigenvalue weighted by Gasteiger charge is -2.06. The Bertz CT molecular complexity index is 741. The molecular formula is C12H11BrN2O4S2. The van der Waals surface area contributed by atoms with Crippen molar-refractivity contribution in [2.24, 2.45) is 0 Å². The third-order valence-electron chi connectivity index (χ3n) is 2.51. The molecule has 0 bridgehead atoms. The Labute approximate surface area is 134 Å². The molecule has 0 fully saturated rings. The predicted octanol–water partition coefficient (Wildman–Crippen LogP) is 2.42. The van der Waals surface area contributed by atoms with E-state index >= 15 is 0 Å². The molecule has 112 valence electrons. The van der Waals surface area contributed by atoms with E-state index in [2.05, 4.69) is 30.4 Å². The van der Waals surface area contributed by atoms with Crippen LogP contribution in [0.15, 0.2) is 39.1 Å². The highest BCUT2D eigenvalue weighted by molar-refractivity contribution is 9.11. The zero-order chi connectivity index (χ0) is 15.5. The molecule has 0 saturated heterocycles. The molecule has 1 heterocycles. The smallest absolute Gasteiger partial charge is 0.309 e. The second-order valence-corrected chi connectivity index (χ2v) is 8.06. The Morgan fingerprint density at radius 1 is 1.38 bits per heavy atom. The summed E-state index contributed by atoms with van der Waals surface area (Å²) >= 11 is 4.39. The molecule has 0 aliphatic heterocycles. The third-order valence-corrected chi connectivity index (χ3v) is 5.38. The number of nitrogens with zero attached hydrogens (tertiary/aromatic N) is 1. The monoisotopic (exact) mass is 390 g/mol. The molecule has 6 nitrogen and oxygen atoms in total. The van der Waals surface area contributed by atoms with Gasteiger partial charge in [-0.1, -0.05) is 23.5 Å². The van der Waals surface area contributed by atoms with E-state index in [1.807, 2.05) is 0 Å². The van der Waals surface area contributed by atoms with Crippen LogP contribution in [0.5, 0.6) is 0 Å². The average Bonchev–Trinajstić information content (AvgIpc) is 2.83. The van der Waals surface area contributed by atoms with Gasteiger partial charge in [-0.2, -0.15) is 0 Å². The van der Waals surface area contributed by atoms with Crippen molar-refractivity contribution >= 4 is 48.4 Å². The molecule has 0 radical (unpaired) electrons. The van der Waals surface area contributed by atoms with Crippen LogP contribution in [0.1, 0.15) is 5.56 Å². The Balaban J connectivity index is 2.15. The number of hydrogen-bond donors (Lipinski definition) is 1. The van der Waals surface area contributed by atoms with Gasteiger partial charge in [0.2, 0.25) is 0 Å². The SMILES string of the molecule is COC(=O)Cc1ccc(S(=O)(=O)Nc2ncc(Br)s2)cc1. The molecule has 1 aromatic heterocycles. The predicted molar refractivity (Wildman–Crippen MR) is 82.8 cm³/mol. The summed E-state index contributed by atoms with van der Waals surface area (Å²) < 4.78 is 32.0. The van der Waals surface area contributed by atoms with Gasteiger partial charge in [-0.25, -0.2) is 13.4 Å². The number of carbonyl (C=O) groups excluding carboxylic acids is 1. The van der Waals surface area contributed by atoms with Crippen LogP contribution >= 0.6 is 27.3 Å². The molecule has 21 heavy (non-hydrogen) atoms. The van der Waals surface area contributed by atoms with Gasteiger partial charge >= 0.3 is 5.97 Å². The van der Waals surface area contributed by atoms with Crippen molar-refractivity contribution in [1.82, 2.24) is 4.98 Å². The zero-order valence-corrected chi connectivity index (χ0v) is 14.1. The second kappa shape index (κ2) is 6.54. The molecule has 0 amide bonds. The number of benzene rings is 1. The van der Waals surface area contributed by atoms with Crippen LogP contribution in [0.25, 0.3) is 0 Å². The van der Waals surface area contributed by atoms with Crippen molar-refractivity contribution in [2.75, 3.05) is 11.8 Å². The van der Waals surface area contributed by atoms with Crippen LogP contribution in [-0.2, 0) is 26.0 Å². The maximum atomic E-state index is 12.1. The third kappa shape index (κ3) is 4.26. The lowest BCUT2D eigenvalue weighted by atomic mass is 10.2. The number of carbonyl (C=O) groups is 1. The molecule has 1 N–H and O–H groups in total. The minimum atomic E-state index is -3.69. The van der Waals surface area contributed by atoms with Crippen molar-refractivity contribution in [1.29, 1.82) is 0 Å². The molecule has 9 heteroatoms. The van der Waals surface area contributed by atoms with E-state index < -0.39 is 10.0 Å². The van der Waals surface area contributed by atoms with Crippen molar-refractivity contribution in [2.45, 2.75) is 11.3 Å². The fourth-order valence-corrected chi connectivity index (χ4v) is 3.85. The van der Waals surface area contributed by atoms with Gasteiger partial charge in [0, 0.05) is 0 Å². The first-order valence-corrected chi connectivity index (χ1v) is 8.80. The van der Waals surface area contributed by atoms with Gasteiger partial charge in [0.1, 0.15) is 0 Å². The summed E-state index contributed by atoms with van der Waals surface area (Å²) in [5, 5.41) is 0.278. The molecule has 0 unspecified atom stereocenters. The lowest BCUT2D eigenvalue weighted by Crippen LogP contribution is -2.13. The standard InChI is InChI=1S/C12H11BrN2O4S2/c1-19-11(16)6-8-2-4-9(5-3-8)21(17,18)15-12-14-7-10(13)20-12/h2-5,7H,6H2,1H3,(H,14,15). The molecule has 2 aromatic rings. The Hall–Kier alpha value is -1.45. The highest BCUT2D eigenvalue weighted by atomic mass is 79.9. The van der Waals surface area contributed by atoms with Crippen LogP contribution < -0.4 is 4.72 Å². The van der Waals surface area contributed by atoms with Crippen LogP contribution in [0.4, 0.5) is 5.13 Å². The number of anilines is 1. The molecule has 2 rings (SSSR count). The first kappa shape index (κ1) is 15.9. The Morgan fingerprint density at radius 3 is 2.57 bits per heavy atom. The second-order valence-electron chi connectivity index (χ2n) is 3.97. The zero-order valence-electron chi connectivity index (χ0n) is 10.9. The fourth-order valence-electron chi connectivity index (χ4n) is 1.50. The molecule has 0 aliphatic rings. The highest BCUT2D eigenvalue weighted by Crippen LogP contribution is 2.25. The Kier molecular flexibility index (Phi) is 4.96. The van der Waals surface area contributed by atoms with Crippen molar-refractivity contribution in [3.8, 4) is 0 Å². The van der Waals surface area contributed by atoms with Crippen LogP contribution in [-0.4, -0.2) is 26.5 Å². The van der Waals surface area contributed by atoms with E-state index in [1.54, 1.807) is 12.1 Å². The van der Waals surface area contributed by atoms with Gasteiger partial charge in [0.25, 0.3) is 10.0 Å². The molecular weight excluding hydrogens is 380 g/mol. The number of hydrogen-bond acceptors (Lipinski definition) is 6. The number of methoxy groups -OCH3 is 1. The number of thiazole rings is 1. The van der Waals surface area contributed by atoms with Gasteiger partial charge in [-0.15, -0.1) is 0 Å². The quantitative estimate of drug-likeness (QED) is 0.792. The number of sulfonamides is 1. The number of ether oxygens (including phenoxy) is 1. The molecule has 0 aliphatic carbocycles. The molecule has 0 spiro atoms. The van der Waals surface area contributed by atoms with Gasteiger partial charge < -0.3 is 4.74 Å². The first-order chi connectivity index (χ1) is 9.90. The van der Waals surface area contributed by atoms with Crippen molar-refractivity contribution in [3.05, 3.63) is 39.8 Å². The molecule has 0 atom stereocenters. The van der Waals surface area contributed by atoms with E-state index in [1.165, 1.54) is 36.8 Å². The number of esters is 1. The summed E-state index contributed by atoms with van der Waals surface area (Å²) in [5.74, 6) is -0.378. The van der Waals surface area contributed by atoms with Crippen LogP contribution in [0, 0.1) is 0 Å². The van der Waals surface area contributed by atoms with E-state index in [9.17, 15) is 13.2 Å². The highest BCUT2D eigenvalue weighted by Gasteiger charge is 2.16. The lowest BCUT2D eigenvalue weighted by molar-refractivity contribution is -0.139. The summed E-state index contributed by atoms with van der Waals surface area (Å²) in [6.45, 7) is 0. The maximum absolute atomic E-state index is 12.1. The largest absolute Gasteiger partial charge is 0.469 e. The minimum Gasteiger partial charge on any atom is -0.469 e. The number of halogens is 1. The van der Waals surface area contributed by atoms with Gasteiger partial charge in [0.05, 0.1) is 28.4 Å². The Morgan fingerprint density at radius 2 is 2.05 bits per heavy atom. The topological polar surface area (TPSA) is 85.4 Å². The number of nitrogens with one attached hydrogen (secondary N) is 1. The van der Waals surface area contributed by atoms with E-state index in [-0.39, 0.29) is 22.4 Å². The van der Waals surface area contributed by atoms with Crippen LogP contribution in [0.2, 0.25) is 0 Å². The first-order valence-electron chi connectivity index (χ1n) is 5.70. The summed E-state index contributed by atoms with van der Waals surface area (Å²) in [6.07, 6.45) is 1.62. The maximum Gasteiger partial charge on any atom is 0.309 e. The number of rotatable bonds is 5. The minimum absolute atomic E-state index is 0.0995. The van der Waals surface area contributed by atoms with Gasteiger partial charge in [0.15, 0.2) is 5.13 Å². The van der Waals surface area contributed by atoms with Gasteiger partial charge in [-0.3, -0.25) is 9.52 Å². The van der Waals surface area contributed by atoms with E-state index in [4.69, 9.17) is 0 Å². The summed E-state index contributed by atoms with van der Waals surface area (Å²) in [7, 11) is -2.39. The number of aromatic nitrogens is 1. The summed E-state index contributed by atoms with van der Waals surface area (Å²) in [4.78, 5) is 15.2. The van der Waals surface area contributed by atoms with Gasteiger partial charge in [-0.05, 0) is 33.6 Å². The van der Waals surface area contributed by atoms with Crippen LogP contribution in [0.3, 0.4) is 0 Å². The molecule has 1 aromatic carbocycles. The van der Waals surface area contributed by atoms with Crippen molar-refractivity contribution in [3.63, 3.8) is 0 Å². The van der Waals surface area contributed by atoms with E-state index in [0.717, 1.165) is 3.79 Å². The van der Waals surface area contributed by atoms with Crippen molar-refractivity contribution < 1.29 is 17.9 Å². The average molecular weight is 391 g/mol.